The molecule has 5 rings (SSSR count). The van der Waals surface area contributed by atoms with Gasteiger partial charge in [-0.15, -0.1) is 0 Å². The van der Waals surface area contributed by atoms with Crippen molar-refractivity contribution in [2.45, 2.75) is 64.0 Å². The van der Waals surface area contributed by atoms with E-state index in [4.69, 9.17) is 0 Å². The van der Waals surface area contributed by atoms with E-state index in [0.29, 0.717) is 11.4 Å². The highest BCUT2D eigenvalue weighted by Gasteiger charge is 2.46. The molecule has 180 valence electrons. The highest BCUT2D eigenvalue weighted by molar-refractivity contribution is 7.59. The summed E-state index contributed by atoms with van der Waals surface area (Å²) in [6.07, 6.45) is 3.72. The van der Waals surface area contributed by atoms with Crippen molar-refractivity contribution < 1.29 is 13.6 Å². The highest BCUT2D eigenvalue weighted by Crippen LogP contribution is 2.45. The van der Waals surface area contributed by atoms with Gasteiger partial charge >= 0.3 is 0 Å². The number of hydrogen-bond acceptors (Lipinski definition) is 5. The van der Waals surface area contributed by atoms with Gasteiger partial charge in [-0.1, -0.05) is 0 Å². The molecule has 3 aromatic heterocycles. The monoisotopic (exact) mass is 514 g/mol. The summed E-state index contributed by atoms with van der Waals surface area (Å²) in [4.78, 5) is 27.6. The Morgan fingerprint density at radius 3 is 2.45 bits per heavy atom. The minimum atomic E-state index is -2.69. The quantitative estimate of drug-likeness (QED) is 0.529. The Hall–Kier alpha value is -1.92. The Morgan fingerprint density at radius 1 is 1.03 bits per heavy atom. The first-order valence-electron chi connectivity index (χ1n) is 10.2. The third-order valence-corrected chi connectivity index (χ3v) is 6.55. The highest BCUT2D eigenvalue weighted by atomic mass is 32.1. The van der Waals surface area contributed by atoms with Gasteiger partial charge in [0, 0.05) is 24.2 Å². The number of aromatic nitrogens is 5. The molecule has 2 bridgehead atoms. The molecule has 2 aliphatic rings. The van der Waals surface area contributed by atoms with Crippen molar-refractivity contribution in [1.29, 1.82) is 0 Å². The number of carbonyl (C=O) groups excluding carboxylic acids is 1. The number of fused-ring (bicyclic) bond motifs is 3. The summed E-state index contributed by atoms with van der Waals surface area (Å²) in [6.45, 7) is 3.93. The van der Waals surface area contributed by atoms with Crippen LogP contribution in [0.15, 0.2) is 24.7 Å². The minimum Gasteiger partial charge on any atom is -0.331 e. The second-order valence-corrected chi connectivity index (χ2v) is 8.23. The van der Waals surface area contributed by atoms with Gasteiger partial charge in [0.15, 0.2) is 0 Å². The number of rotatable bonds is 3. The molecule has 2 aliphatic heterocycles. The third-order valence-electron chi connectivity index (χ3n) is 6.55. The van der Waals surface area contributed by atoms with Crippen LogP contribution in [0.1, 0.15) is 71.0 Å². The Labute approximate surface area is 211 Å². The average Bonchev–Trinajstić information content (AvgIpc) is 3.32. The summed E-state index contributed by atoms with van der Waals surface area (Å²) in [5, 5.41) is 4.21. The normalized spacial score (nSPS) is 21.4. The standard InChI is InChI=1S/C21H22F2N6O.3H2S/c1-11-7-16(24-9-12(11)2)20(30)28-13-3-5-14(17(28)6-4-13)18-8-15(19(22)23)27-21-25-10-26-29(18)21;;;/h7-10,13-14,17,19H,3-6H2,1-2H3;3*1H2/t13-,14-,17-;;;/m0.../s1. The molecule has 2 fully saturated rings. The number of carbonyl (C=O) groups is 1. The van der Waals surface area contributed by atoms with Crippen molar-refractivity contribution in [3.63, 3.8) is 0 Å². The van der Waals surface area contributed by atoms with E-state index in [1.165, 1.54) is 16.9 Å². The molecule has 2 saturated heterocycles. The van der Waals surface area contributed by atoms with Crippen LogP contribution in [0.5, 0.6) is 0 Å². The number of nitrogens with zero attached hydrogens (tertiary/aromatic N) is 6. The number of halogens is 2. The third kappa shape index (κ3) is 4.69. The zero-order valence-electron chi connectivity index (χ0n) is 18.3. The lowest BCUT2D eigenvalue weighted by Gasteiger charge is -2.40. The molecule has 0 saturated carbocycles. The summed E-state index contributed by atoms with van der Waals surface area (Å²) in [7, 11) is 0. The maximum absolute atomic E-state index is 13.4. The first-order chi connectivity index (χ1) is 14.4. The summed E-state index contributed by atoms with van der Waals surface area (Å²) in [5.74, 6) is -0.0335. The average molecular weight is 515 g/mol. The zero-order chi connectivity index (χ0) is 21.0. The smallest absolute Gasteiger partial charge is 0.280 e. The molecule has 0 radical (unpaired) electrons. The Kier molecular flexibility index (Phi) is 8.74. The number of piperidine rings is 1. The van der Waals surface area contributed by atoms with E-state index >= 15 is 0 Å². The van der Waals surface area contributed by atoms with Gasteiger partial charge in [0.2, 0.25) is 0 Å². The number of pyridine rings is 1. The molecule has 0 aliphatic carbocycles. The molecule has 12 heteroatoms. The van der Waals surface area contributed by atoms with Gasteiger partial charge in [0.1, 0.15) is 17.7 Å². The fourth-order valence-corrected chi connectivity index (χ4v) is 4.92. The van der Waals surface area contributed by atoms with E-state index in [1.807, 2.05) is 24.8 Å². The molecule has 3 aromatic rings. The fourth-order valence-electron chi connectivity index (χ4n) is 4.92. The maximum atomic E-state index is 13.4. The van der Waals surface area contributed by atoms with Crippen LogP contribution in [-0.2, 0) is 0 Å². The van der Waals surface area contributed by atoms with Crippen molar-refractivity contribution in [2.24, 2.45) is 0 Å². The van der Waals surface area contributed by atoms with Crippen LogP contribution in [0, 0.1) is 13.8 Å². The van der Waals surface area contributed by atoms with Crippen LogP contribution in [0.2, 0.25) is 0 Å². The predicted octanol–water partition coefficient (Wildman–Crippen LogP) is 3.96. The zero-order valence-corrected chi connectivity index (χ0v) is 21.3. The van der Waals surface area contributed by atoms with Crippen molar-refractivity contribution in [3.05, 3.63) is 52.9 Å². The van der Waals surface area contributed by atoms with Crippen molar-refractivity contribution >= 4 is 52.2 Å². The summed E-state index contributed by atoms with van der Waals surface area (Å²) in [6, 6.07) is 3.33. The lowest BCUT2D eigenvalue weighted by atomic mass is 9.86. The second kappa shape index (κ2) is 10.6. The first-order valence-corrected chi connectivity index (χ1v) is 10.2. The van der Waals surface area contributed by atoms with Crippen molar-refractivity contribution in [2.75, 3.05) is 0 Å². The lowest BCUT2D eigenvalue weighted by Crippen LogP contribution is -2.48. The number of alkyl halides is 2. The lowest BCUT2D eigenvalue weighted by molar-refractivity contribution is 0.0547. The summed E-state index contributed by atoms with van der Waals surface area (Å²) < 4.78 is 28.4. The summed E-state index contributed by atoms with van der Waals surface area (Å²) in [5.41, 5.74) is 2.83. The van der Waals surface area contributed by atoms with Crippen molar-refractivity contribution in [1.82, 2.24) is 29.5 Å². The Bertz CT molecular complexity index is 1140. The number of hydrogen-bond donors (Lipinski definition) is 0. The molecular weight excluding hydrogens is 486 g/mol. The van der Waals surface area contributed by atoms with Crippen molar-refractivity contribution in [3.8, 4) is 0 Å². The Morgan fingerprint density at radius 2 is 1.76 bits per heavy atom. The predicted molar refractivity (Wildman–Crippen MR) is 136 cm³/mol. The van der Waals surface area contributed by atoms with E-state index in [1.54, 1.807) is 6.20 Å². The molecule has 0 spiro atoms. The molecule has 3 atom stereocenters. The molecule has 5 heterocycles. The fraction of sp³-hybridized carbons (Fsp3) is 0.476. The molecule has 0 unspecified atom stereocenters. The van der Waals surface area contributed by atoms with Gasteiger partial charge < -0.3 is 4.90 Å². The molecular formula is C21H28F2N6OS3. The van der Waals surface area contributed by atoms with E-state index in [0.717, 1.165) is 36.8 Å². The van der Waals surface area contributed by atoms with Gasteiger partial charge in [-0.2, -0.15) is 50.6 Å². The van der Waals surface area contributed by atoms with Crippen LogP contribution in [0.25, 0.3) is 5.78 Å². The van der Waals surface area contributed by atoms with Gasteiger partial charge in [0.25, 0.3) is 18.1 Å². The summed E-state index contributed by atoms with van der Waals surface area (Å²) >= 11 is 0. The van der Waals surface area contributed by atoms with E-state index in [2.05, 4.69) is 20.1 Å². The van der Waals surface area contributed by atoms with Crippen LogP contribution >= 0.6 is 40.5 Å². The van der Waals surface area contributed by atoms with E-state index in [-0.39, 0.29) is 75.9 Å². The molecule has 1 amide bonds. The van der Waals surface area contributed by atoms with Crippen LogP contribution in [-0.4, -0.2) is 47.5 Å². The minimum absolute atomic E-state index is 0. The van der Waals surface area contributed by atoms with E-state index < -0.39 is 6.43 Å². The molecule has 0 aromatic carbocycles. The molecule has 0 N–H and O–H groups in total. The van der Waals surface area contributed by atoms with Crippen LogP contribution < -0.4 is 0 Å². The van der Waals surface area contributed by atoms with Gasteiger partial charge in [-0.3, -0.25) is 9.78 Å². The van der Waals surface area contributed by atoms with Gasteiger partial charge in [0.05, 0.1) is 5.69 Å². The number of aryl methyl sites for hydroxylation is 2. The first kappa shape index (κ1) is 27.3. The van der Waals surface area contributed by atoms with Gasteiger partial charge in [-0.25, -0.2) is 18.3 Å². The van der Waals surface area contributed by atoms with E-state index in [9.17, 15) is 13.6 Å². The molecule has 7 nitrogen and oxygen atoms in total. The largest absolute Gasteiger partial charge is 0.331 e. The van der Waals surface area contributed by atoms with Crippen LogP contribution in [0.4, 0.5) is 8.78 Å². The molecule has 33 heavy (non-hydrogen) atoms. The van der Waals surface area contributed by atoms with Crippen LogP contribution in [0.3, 0.4) is 0 Å². The topological polar surface area (TPSA) is 76.3 Å². The SMILES string of the molecule is Cc1cnc(C(=O)N2[C@H]3CC[C@H](c4cc(C(F)F)nc5ncnn45)[C@@H]2CC3)cc1C.S.S.S. The Balaban J connectivity index is 0.00000128. The second-order valence-electron chi connectivity index (χ2n) is 8.23. The number of amides is 1. The maximum Gasteiger partial charge on any atom is 0.280 e. The van der Waals surface area contributed by atoms with Gasteiger partial charge in [-0.05, 0) is 62.8 Å².